The lowest BCUT2D eigenvalue weighted by Gasteiger charge is -2.13. The van der Waals surface area contributed by atoms with Crippen LogP contribution in [0.15, 0.2) is 59.4 Å². The molecule has 1 heterocycles. The van der Waals surface area contributed by atoms with Crippen molar-refractivity contribution < 1.29 is 10.2 Å². The van der Waals surface area contributed by atoms with E-state index >= 15 is 0 Å². The van der Waals surface area contributed by atoms with Crippen molar-refractivity contribution in [2.24, 2.45) is 0 Å². The Morgan fingerprint density at radius 3 is 2.50 bits per heavy atom. The van der Waals surface area contributed by atoms with Gasteiger partial charge in [-0.25, -0.2) is 4.98 Å². The second-order valence-electron chi connectivity index (χ2n) is 5.75. The van der Waals surface area contributed by atoms with E-state index in [1.54, 1.807) is 4.57 Å². The molecule has 2 aromatic carbocycles. The Morgan fingerprint density at radius 1 is 1.04 bits per heavy atom. The Kier molecular flexibility index (Phi) is 5.03. The number of nitrogens with zero attached hydrogens (tertiary/aromatic N) is 2. The lowest BCUT2D eigenvalue weighted by molar-refractivity contribution is 0.0856. The molecule has 0 aliphatic rings. The first kappa shape index (κ1) is 16.4. The third-order valence-corrected chi connectivity index (χ3v) is 4.03. The molecule has 0 radical (unpaired) electrons. The van der Waals surface area contributed by atoms with Gasteiger partial charge >= 0.3 is 0 Å². The summed E-state index contributed by atoms with van der Waals surface area (Å²) in [7, 11) is 0. The van der Waals surface area contributed by atoms with Crippen molar-refractivity contribution in [3.8, 4) is 11.3 Å². The van der Waals surface area contributed by atoms with Gasteiger partial charge in [-0.05, 0) is 25.0 Å². The largest absolute Gasteiger partial charge is 0.394 e. The monoisotopic (exact) mass is 324 g/mol. The van der Waals surface area contributed by atoms with Crippen LogP contribution in [0.25, 0.3) is 22.3 Å². The number of hydrogen-bond acceptors (Lipinski definition) is 4. The first-order chi connectivity index (χ1) is 11.7. The van der Waals surface area contributed by atoms with Crippen LogP contribution in [0, 0.1) is 0 Å². The molecule has 5 nitrogen and oxygen atoms in total. The Labute approximate surface area is 139 Å². The highest BCUT2D eigenvalue weighted by Gasteiger charge is 2.12. The topological polar surface area (TPSA) is 75.4 Å². The molecule has 3 aromatic rings. The number of benzene rings is 2. The van der Waals surface area contributed by atoms with Crippen LogP contribution in [-0.4, -0.2) is 32.5 Å². The van der Waals surface area contributed by atoms with E-state index in [0.29, 0.717) is 25.1 Å². The minimum atomic E-state index is -0.748. The van der Waals surface area contributed by atoms with E-state index in [1.165, 1.54) is 0 Å². The summed E-state index contributed by atoms with van der Waals surface area (Å²) in [5.74, 6) is 0. The average Bonchev–Trinajstić information content (AvgIpc) is 2.63. The van der Waals surface area contributed by atoms with Crippen molar-refractivity contribution in [2.45, 2.75) is 25.5 Å². The molecule has 0 aliphatic carbocycles. The molecule has 24 heavy (non-hydrogen) atoms. The highest BCUT2D eigenvalue weighted by molar-refractivity contribution is 5.77. The number of para-hydroxylation sites is 2. The van der Waals surface area contributed by atoms with Gasteiger partial charge in [-0.1, -0.05) is 42.5 Å². The third kappa shape index (κ3) is 3.37. The predicted octanol–water partition coefficient (Wildman–Crippen LogP) is 2.20. The van der Waals surface area contributed by atoms with Crippen LogP contribution in [0.2, 0.25) is 0 Å². The third-order valence-electron chi connectivity index (χ3n) is 4.03. The Bertz CT molecular complexity index is 875. The number of aliphatic hydroxyl groups is 2. The summed E-state index contributed by atoms with van der Waals surface area (Å²) in [6, 6.07) is 17.0. The molecule has 5 heteroatoms. The number of aromatic nitrogens is 2. The lowest BCUT2D eigenvalue weighted by atomic mass is 10.1. The van der Waals surface area contributed by atoms with Crippen LogP contribution in [0.3, 0.4) is 0 Å². The zero-order chi connectivity index (χ0) is 16.9. The second kappa shape index (κ2) is 7.38. The van der Waals surface area contributed by atoms with E-state index in [0.717, 1.165) is 16.6 Å². The lowest BCUT2D eigenvalue weighted by Crippen LogP contribution is -2.24. The van der Waals surface area contributed by atoms with Crippen LogP contribution in [-0.2, 0) is 6.54 Å². The summed E-state index contributed by atoms with van der Waals surface area (Å²) in [5.41, 5.74) is 2.62. The van der Waals surface area contributed by atoms with E-state index in [9.17, 15) is 9.90 Å². The van der Waals surface area contributed by atoms with Crippen molar-refractivity contribution >= 4 is 11.0 Å². The molecular formula is C19H20N2O3. The maximum absolute atomic E-state index is 12.9. The first-order valence-corrected chi connectivity index (χ1v) is 8.04. The highest BCUT2D eigenvalue weighted by atomic mass is 16.3. The number of rotatable bonds is 6. The summed E-state index contributed by atoms with van der Waals surface area (Å²) in [6.07, 6.45) is 0.298. The van der Waals surface area contributed by atoms with Crippen LogP contribution in [0.5, 0.6) is 0 Å². The van der Waals surface area contributed by atoms with Crippen LogP contribution < -0.4 is 5.56 Å². The number of fused-ring (bicyclic) bond motifs is 1. The molecule has 0 amide bonds. The van der Waals surface area contributed by atoms with Crippen LogP contribution in [0.4, 0.5) is 0 Å². The van der Waals surface area contributed by atoms with Gasteiger partial charge in [-0.3, -0.25) is 4.79 Å². The molecule has 0 spiro atoms. The van der Waals surface area contributed by atoms with Crippen molar-refractivity contribution in [1.82, 2.24) is 9.55 Å². The van der Waals surface area contributed by atoms with Crippen molar-refractivity contribution in [3.63, 3.8) is 0 Å². The fraction of sp³-hybridized carbons (Fsp3) is 0.263. The van der Waals surface area contributed by atoms with Gasteiger partial charge in [0.25, 0.3) is 5.56 Å². The Balaban J connectivity index is 2.05. The van der Waals surface area contributed by atoms with Crippen LogP contribution >= 0.6 is 0 Å². The minimum absolute atomic E-state index is 0.140. The molecule has 0 bridgehead atoms. The van der Waals surface area contributed by atoms with Gasteiger partial charge in [0.1, 0.15) is 5.69 Å². The van der Waals surface area contributed by atoms with Crippen molar-refractivity contribution in [3.05, 3.63) is 65.0 Å². The maximum Gasteiger partial charge on any atom is 0.277 e. The molecule has 3 rings (SSSR count). The summed E-state index contributed by atoms with van der Waals surface area (Å²) < 4.78 is 1.70. The predicted molar refractivity (Wildman–Crippen MR) is 93.8 cm³/mol. The molecule has 0 saturated carbocycles. The van der Waals surface area contributed by atoms with Gasteiger partial charge in [0.2, 0.25) is 0 Å². The molecule has 1 unspecified atom stereocenters. The molecule has 0 fully saturated rings. The smallest absolute Gasteiger partial charge is 0.277 e. The van der Waals surface area contributed by atoms with Crippen LogP contribution in [0.1, 0.15) is 12.8 Å². The molecule has 2 N–H and O–H groups in total. The number of aryl methyl sites for hydroxylation is 1. The number of aliphatic hydroxyl groups excluding tert-OH is 2. The van der Waals surface area contributed by atoms with Gasteiger partial charge in [-0.2, -0.15) is 0 Å². The summed E-state index contributed by atoms with van der Waals surface area (Å²) >= 11 is 0. The first-order valence-electron chi connectivity index (χ1n) is 8.04. The summed E-state index contributed by atoms with van der Waals surface area (Å²) in [4.78, 5) is 17.5. The quantitative estimate of drug-likeness (QED) is 0.729. The normalized spacial score (nSPS) is 12.4. The van der Waals surface area contributed by atoms with Crippen molar-refractivity contribution in [2.75, 3.05) is 6.61 Å². The highest BCUT2D eigenvalue weighted by Crippen LogP contribution is 2.17. The minimum Gasteiger partial charge on any atom is -0.394 e. The summed E-state index contributed by atoms with van der Waals surface area (Å²) in [6.45, 7) is 0.208. The van der Waals surface area contributed by atoms with E-state index in [-0.39, 0.29) is 12.2 Å². The van der Waals surface area contributed by atoms with E-state index in [2.05, 4.69) is 4.98 Å². The maximum atomic E-state index is 12.9. The Morgan fingerprint density at radius 2 is 1.75 bits per heavy atom. The van der Waals surface area contributed by atoms with Crippen molar-refractivity contribution in [1.29, 1.82) is 0 Å². The van der Waals surface area contributed by atoms with Gasteiger partial charge in [0, 0.05) is 12.1 Å². The SMILES string of the molecule is O=c1c(-c2ccccc2)nc2ccccc2n1CCCC(O)CO. The fourth-order valence-electron chi connectivity index (χ4n) is 2.77. The fourth-order valence-corrected chi connectivity index (χ4v) is 2.77. The van der Waals surface area contributed by atoms with Gasteiger partial charge in [0.05, 0.1) is 23.7 Å². The zero-order valence-corrected chi connectivity index (χ0v) is 13.3. The molecule has 0 aliphatic heterocycles. The Hall–Kier alpha value is -2.50. The van der Waals surface area contributed by atoms with E-state index in [1.807, 2.05) is 54.6 Å². The molecule has 124 valence electrons. The molecule has 0 saturated heterocycles. The second-order valence-corrected chi connectivity index (χ2v) is 5.75. The summed E-state index contributed by atoms with van der Waals surface area (Å²) in [5, 5.41) is 18.4. The molecule has 1 aromatic heterocycles. The van der Waals surface area contributed by atoms with E-state index in [4.69, 9.17) is 5.11 Å². The van der Waals surface area contributed by atoms with Gasteiger partial charge in [-0.15, -0.1) is 0 Å². The van der Waals surface area contributed by atoms with Gasteiger partial charge < -0.3 is 14.8 Å². The zero-order valence-electron chi connectivity index (χ0n) is 13.3. The van der Waals surface area contributed by atoms with E-state index < -0.39 is 6.10 Å². The number of hydrogen-bond donors (Lipinski definition) is 2. The van der Waals surface area contributed by atoms with Gasteiger partial charge in [0.15, 0.2) is 0 Å². The molecule has 1 atom stereocenters. The standard InChI is InChI=1S/C19H20N2O3/c22-13-15(23)9-6-12-21-17-11-5-4-10-16(17)20-18(19(21)24)14-7-2-1-3-8-14/h1-5,7-8,10-11,15,22-23H,6,9,12-13H2. The average molecular weight is 324 g/mol. The molecular weight excluding hydrogens is 304 g/mol.